The van der Waals surface area contributed by atoms with E-state index in [1.165, 1.54) is 13.8 Å². The van der Waals surface area contributed by atoms with Crippen molar-refractivity contribution in [3.63, 3.8) is 0 Å². The van der Waals surface area contributed by atoms with Crippen LogP contribution in [0.4, 0.5) is 8.78 Å². The van der Waals surface area contributed by atoms with E-state index in [1.54, 1.807) is 6.92 Å². The van der Waals surface area contributed by atoms with E-state index in [1.807, 2.05) is 26.8 Å². The lowest BCUT2D eigenvalue weighted by Gasteiger charge is -2.35. The second kappa shape index (κ2) is 6.35. The Kier molecular flexibility index (Phi) is 5.10. The molecule has 1 heterocycles. The van der Waals surface area contributed by atoms with Crippen LogP contribution in [-0.2, 0) is 0 Å². The van der Waals surface area contributed by atoms with Gasteiger partial charge in [0.1, 0.15) is 17.9 Å². The molecule has 0 aromatic carbocycles. The molecule has 0 aromatic heterocycles. The van der Waals surface area contributed by atoms with Crippen molar-refractivity contribution in [2.75, 3.05) is 0 Å². The molecule has 138 valence electrons. The van der Waals surface area contributed by atoms with Crippen LogP contribution in [0, 0.1) is 5.92 Å². The van der Waals surface area contributed by atoms with Crippen molar-refractivity contribution >= 4 is 5.84 Å². The lowest BCUT2D eigenvalue weighted by Crippen LogP contribution is -2.53. The largest absolute Gasteiger partial charge is 0.363 e. The summed E-state index contributed by atoms with van der Waals surface area (Å²) in [5.41, 5.74) is 10.4. The summed E-state index contributed by atoms with van der Waals surface area (Å²) in [5.74, 6) is 0.386. The summed E-state index contributed by atoms with van der Waals surface area (Å²) in [7, 11) is 0. The normalized spacial score (nSPS) is 39.2. The SMILES string of the molecule is CC1=N[C@@H](C(C)(C)F)[C@@](C)(/C=C(\C)C(N[C@@H](C)N)C2[C@@H](F)[C@H]2N)N1. The zero-order chi connectivity index (χ0) is 18.4. The van der Waals surface area contributed by atoms with Crippen molar-refractivity contribution in [2.45, 2.75) is 83.2 Å². The zero-order valence-electron chi connectivity index (χ0n) is 15.4. The van der Waals surface area contributed by atoms with Crippen LogP contribution in [-0.4, -0.2) is 47.5 Å². The molecule has 0 bridgehead atoms. The first-order chi connectivity index (χ1) is 10.9. The molecule has 1 aliphatic heterocycles. The average Bonchev–Trinajstić information content (AvgIpc) is 2.84. The van der Waals surface area contributed by atoms with Gasteiger partial charge in [-0.25, -0.2) is 8.78 Å². The Labute approximate surface area is 143 Å². The predicted molar refractivity (Wildman–Crippen MR) is 94.3 cm³/mol. The number of hydrogen-bond donors (Lipinski definition) is 4. The molecule has 0 amide bonds. The van der Waals surface area contributed by atoms with Crippen molar-refractivity contribution in [3.8, 4) is 0 Å². The molecule has 2 rings (SSSR count). The number of nitrogens with two attached hydrogens (primary N) is 2. The lowest BCUT2D eigenvalue weighted by molar-refractivity contribution is 0.143. The summed E-state index contributed by atoms with van der Waals surface area (Å²) >= 11 is 0. The van der Waals surface area contributed by atoms with Crippen molar-refractivity contribution in [1.82, 2.24) is 10.6 Å². The maximum atomic E-state index is 14.6. The highest BCUT2D eigenvalue weighted by molar-refractivity contribution is 5.83. The van der Waals surface area contributed by atoms with Crippen LogP contribution in [0.25, 0.3) is 0 Å². The minimum absolute atomic E-state index is 0.280. The van der Waals surface area contributed by atoms with Gasteiger partial charge in [-0.1, -0.05) is 11.6 Å². The highest BCUT2D eigenvalue weighted by Crippen LogP contribution is 2.40. The first-order valence-electron chi connectivity index (χ1n) is 8.49. The van der Waals surface area contributed by atoms with Gasteiger partial charge in [0, 0.05) is 18.0 Å². The molecular formula is C17H31F2N5. The number of aliphatic imine (C=N–C) groups is 1. The van der Waals surface area contributed by atoms with Gasteiger partial charge in [0.15, 0.2) is 0 Å². The Balaban J connectivity index is 2.29. The van der Waals surface area contributed by atoms with E-state index in [4.69, 9.17) is 11.5 Å². The maximum absolute atomic E-state index is 14.6. The summed E-state index contributed by atoms with van der Waals surface area (Å²) in [6, 6.07) is -1.33. The Bertz CT molecular complexity index is 532. The number of nitrogens with one attached hydrogen (secondary N) is 2. The molecule has 0 radical (unpaired) electrons. The maximum Gasteiger partial charge on any atom is 0.130 e. The number of nitrogens with zero attached hydrogens (tertiary/aromatic N) is 1. The molecule has 1 saturated carbocycles. The van der Waals surface area contributed by atoms with Gasteiger partial charge < -0.3 is 16.8 Å². The molecule has 6 N–H and O–H groups in total. The van der Waals surface area contributed by atoms with Gasteiger partial charge >= 0.3 is 0 Å². The summed E-state index contributed by atoms with van der Waals surface area (Å²) in [5, 5.41) is 6.45. The molecule has 0 aromatic rings. The summed E-state index contributed by atoms with van der Waals surface area (Å²) < 4.78 is 28.5. The van der Waals surface area contributed by atoms with E-state index in [-0.39, 0.29) is 18.1 Å². The van der Waals surface area contributed by atoms with Gasteiger partial charge in [0.05, 0.1) is 17.5 Å². The first-order valence-corrected chi connectivity index (χ1v) is 8.49. The number of hydrogen-bond acceptors (Lipinski definition) is 5. The fourth-order valence-electron chi connectivity index (χ4n) is 3.92. The van der Waals surface area contributed by atoms with Crippen molar-refractivity contribution in [2.24, 2.45) is 22.4 Å². The Morgan fingerprint density at radius 2 is 2.04 bits per heavy atom. The molecule has 0 saturated heterocycles. The molecule has 2 aliphatic rings. The van der Waals surface area contributed by atoms with E-state index < -0.39 is 29.5 Å². The fourth-order valence-corrected chi connectivity index (χ4v) is 3.92. The lowest BCUT2D eigenvalue weighted by atomic mass is 9.81. The molecular weight excluding hydrogens is 312 g/mol. The average molecular weight is 343 g/mol. The van der Waals surface area contributed by atoms with E-state index in [0.29, 0.717) is 5.84 Å². The number of rotatable bonds is 6. The Morgan fingerprint density at radius 3 is 2.46 bits per heavy atom. The van der Waals surface area contributed by atoms with Crippen LogP contribution in [0.1, 0.15) is 41.5 Å². The van der Waals surface area contributed by atoms with Gasteiger partial charge in [-0.15, -0.1) is 0 Å². The van der Waals surface area contributed by atoms with Crippen LogP contribution < -0.4 is 22.1 Å². The minimum Gasteiger partial charge on any atom is -0.363 e. The third kappa shape index (κ3) is 3.78. The third-order valence-electron chi connectivity index (χ3n) is 4.88. The van der Waals surface area contributed by atoms with E-state index in [2.05, 4.69) is 15.6 Å². The first kappa shape index (κ1) is 19.3. The molecule has 7 atom stereocenters. The zero-order valence-corrected chi connectivity index (χ0v) is 15.4. The third-order valence-corrected chi connectivity index (χ3v) is 4.88. The summed E-state index contributed by atoms with van der Waals surface area (Å²) in [6.07, 6.45) is 0.603. The van der Waals surface area contributed by atoms with E-state index >= 15 is 0 Å². The van der Waals surface area contributed by atoms with Gasteiger partial charge in [-0.05, 0) is 41.5 Å². The van der Waals surface area contributed by atoms with Crippen LogP contribution in [0.2, 0.25) is 0 Å². The fraction of sp³-hybridized carbons (Fsp3) is 0.824. The second-order valence-electron chi connectivity index (χ2n) is 8.01. The van der Waals surface area contributed by atoms with Crippen LogP contribution in [0.3, 0.4) is 0 Å². The molecule has 2 unspecified atom stereocenters. The van der Waals surface area contributed by atoms with E-state index in [9.17, 15) is 8.78 Å². The molecule has 5 nitrogen and oxygen atoms in total. The predicted octanol–water partition coefficient (Wildman–Crippen LogP) is 1.39. The number of amidine groups is 1. The van der Waals surface area contributed by atoms with Crippen LogP contribution in [0.5, 0.6) is 0 Å². The molecule has 0 spiro atoms. The molecule has 1 fully saturated rings. The highest BCUT2D eigenvalue weighted by atomic mass is 19.1. The molecule has 7 heteroatoms. The number of alkyl halides is 2. The van der Waals surface area contributed by atoms with Crippen molar-refractivity contribution in [1.29, 1.82) is 0 Å². The quantitative estimate of drug-likeness (QED) is 0.433. The van der Waals surface area contributed by atoms with Crippen LogP contribution in [0.15, 0.2) is 16.6 Å². The van der Waals surface area contributed by atoms with Gasteiger partial charge in [0.25, 0.3) is 0 Å². The van der Waals surface area contributed by atoms with Gasteiger partial charge in [-0.2, -0.15) is 0 Å². The minimum atomic E-state index is -1.49. The Hall–Kier alpha value is -1.05. The van der Waals surface area contributed by atoms with Crippen LogP contribution >= 0.6 is 0 Å². The summed E-state index contributed by atoms with van der Waals surface area (Å²) in [6.45, 7) is 10.5. The standard InChI is InChI=1S/C17H31F2N5/c1-8(14(22-9(2)20)11-12(18)13(11)21)7-17(6)15(16(4,5)19)23-10(3)24-17/h7,9,11-15,22H,20-21H2,1-6H3,(H,23,24)/b8-7+/t9-,11?,12+,13-,14?,15-,17+/m0/s1. The van der Waals surface area contributed by atoms with Gasteiger partial charge in [0.2, 0.25) is 0 Å². The smallest absolute Gasteiger partial charge is 0.130 e. The molecule has 24 heavy (non-hydrogen) atoms. The molecule has 1 aliphatic carbocycles. The van der Waals surface area contributed by atoms with E-state index in [0.717, 1.165) is 5.57 Å². The highest BCUT2D eigenvalue weighted by Gasteiger charge is 2.54. The van der Waals surface area contributed by atoms with Crippen molar-refractivity contribution < 1.29 is 8.78 Å². The monoisotopic (exact) mass is 343 g/mol. The summed E-state index contributed by atoms with van der Waals surface area (Å²) in [4.78, 5) is 4.42. The van der Waals surface area contributed by atoms with Crippen molar-refractivity contribution in [3.05, 3.63) is 11.6 Å². The topological polar surface area (TPSA) is 88.5 Å². The number of halogens is 2. The second-order valence-corrected chi connectivity index (χ2v) is 8.01. The van der Waals surface area contributed by atoms with Gasteiger partial charge in [-0.3, -0.25) is 10.3 Å². The Morgan fingerprint density at radius 1 is 1.50 bits per heavy atom.